The number of anilines is 1. The third kappa shape index (κ3) is 3.06. The minimum atomic E-state index is -0.564. The Morgan fingerprint density at radius 1 is 1.42 bits per heavy atom. The van der Waals surface area contributed by atoms with E-state index in [0.717, 1.165) is 19.3 Å². The molecule has 19 heavy (non-hydrogen) atoms. The molecule has 1 aromatic rings. The molecule has 0 spiro atoms. The number of benzene rings is 1. The fourth-order valence-electron chi connectivity index (χ4n) is 2.71. The third-order valence-electron chi connectivity index (χ3n) is 4.05. The van der Waals surface area contributed by atoms with Gasteiger partial charge in [-0.3, -0.25) is 4.79 Å². The van der Waals surface area contributed by atoms with Crippen LogP contribution in [0.15, 0.2) is 18.2 Å². The van der Waals surface area contributed by atoms with Gasteiger partial charge in [-0.1, -0.05) is 26.7 Å². The highest BCUT2D eigenvalue weighted by molar-refractivity contribution is 5.95. The zero-order chi connectivity index (χ0) is 14.0. The SMILES string of the molecule is CC1(C)CCCCC1NC(=O)c1ccc(N)cc1F. The molecule has 0 bridgehead atoms. The number of nitrogens with one attached hydrogen (secondary N) is 1. The number of nitrogen functional groups attached to an aromatic ring is 1. The van der Waals surface area contributed by atoms with E-state index in [1.54, 1.807) is 6.07 Å². The average molecular weight is 264 g/mol. The van der Waals surface area contributed by atoms with Crippen molar-refractivity contribution in [2.45, 2.75) is 45.6 Å². The van der Waals surface area contributed by atoms with Crippen LogP contribution in [-0.4, -0.2) is 11.9 Å². The lowest BCUT2D eigenvalue weighted by Gasteiger charge is -2.39. The zero-order valence-electron chi connectivity index (χ0n) is 11.5. The Hall–Kier alpha value is -1.58. The van der Waals surface area contributed by atoms with E-state index in [-0.39, 0.29) is 22.9 Å². The van der Waals surface area contributed by atoms with Crippen LogP contribution >= 0.6 is 0 Å². The van der Waals surface area contributed by atoms with Crippen LogP contribution in [0.25, 0.3) is 0 Å². The van der Waals surface area contributed by atoms with Crippen LogP contribution in [-0.2, 0) is 0 Å². The van der Waals surface area contributed by atoms with E-state index in [2.05, 4.69) is 19.2 Å². The Morgan fingerprint density at radius 3 is 2.79 bits per heavy atom. The lowest BCUT2D eigenvalue weighted by atomic mass is 9.73. The number of halogens is 1. The molecule has 1 aliphatic rings. The van der Waals surface area contributed by atoms with Gasteiger partial charge in [-0.05, 0) is 36.5 Å². The molecule has 1 aromatic carbocycles. The predicted octanol–water partition coefficient (Wildman–Crippen LogP) is 3.11. The summed E-state index contributed by atoms with van der Waals surface area (Å²) in [6, 6.07) is 4.27. The van der Waals surface area contributed by atoms with Gasteiger partial charge in [-0.2, -0.15) is 0 Å². The van der Waals surface area contributed by atoms with E-state index in [1.165, 1.54) is 18.6 Å². The van der Waals surface area contributed by atoms with E-state index in [0.29, 0.717) is 5.69 Å². The average Bonchev–Trinajstić information content (AvgIpc) is 2.31. The van der Waals surface area contributed by atoms with Gasteiger partial charge in [0.1, 0.15) is 5.82 Å². The van der Waals surface area contributed by atoms with Crippen LogP contribution in [0.4, 0.5) is 10.1 Å². The number of carbonyl (C=O) groups is 1. The maximum Gasteiger partial charge on any atom is 0.254 e. The first-order valence-corrected chi connectivity index (χ1v) is 6.76. The summed E-state index contributed by atoms with van der Waals surface area (Å²) >= 11 is 0. The molecule has 2 rings (SSSR count). The first-order valence-electron chi connectivity index (χ1n) is 6.76. The highest BCUT2D eigenvalue weighted by atomic mass is 19.1. The molecule has 3 N–H and O–H groups in total. The molecule has 1 amide bonds. The molecule has 1 fully saturated rings. The highest BCUT2D eigenvalue weighted by Crippen LogP contribution is 2.35. The van der Waals surface area contributed by atoms with Crippen molar-refractivity contribution in [1.82, 2.24) is 5.32 Å². The van der Waals surface area contributed by atoms with E-state index in [1.807, 2.05) is 0 Å². The molecule has 104 valence electrons. The third-order valence-corrected chi connectivity index (χ3v) is 4.05. The Balaban J connectivity index is 2.12. The molecular weight excluding hydrogens is 243 g/mol. The molecule has 0 radical (unpaired) electrons. The number of nitrogens with two attached hydrogens (primary N) is 1. The Labute approximate surface area is 113 Å². The molecule has 1 unspecified atom stereocenters. The van der Waals surface area contributed by atoms with Gasteiger partial charge < -0.3 is 11.1 Å². The van der Waals surface area contributed by atoms with Crippen LogP contribution in [0.1, 0.15) is 49.9 Å². The summed E-state index contributed by atoms with van der Waals surface area (Å²) in [7, 11) is 0. The minimum Gasteiger partial charge on any atom is -0.399 e. The highest BCUT2D eigenvalue weighted by Gasteiger charge is 2.33. The lowest BCUT2D eigenvalue weighted by Crippen LogP contribution is -2.47. The molecule has 1 aliphatic carbocycles. The fourth-order valence-corrected chi connectivity index (χ4v) is 2.71. The van der Waals surface area contributed by atoms with Gasteiger partial charge in [-0.25, -0.2) is 4.39 Å². The van der Waals surface area contributed by atoms with Crippen molar-refractivity contribution in [3.05, 3.63) is 29.6 Å². The smallest absolute Gasteiger partial charge is 0.254 e. The molecule has 3 nitrogen and oxygen atoms in total. The van der Waals surface area contributed by atoms with Crippen molar-refractivity contribution in [3.8, 4) is 0 Å². The second kappa shape index (κ2) is 5.19. The predicted molar refractivity (Wildman–Crippen MR) is 74.3 cm³/mol. The van der Waals surface area contributed by atoms with E-state index in [9.17, 15) is 9.18 Å². The Bertz CT molecular complexity index is 485. The van der Waals surface area contributed by atoms with Gasteiger partial charge in [-0.15, -0.1) is 0 Å². The molecule has 1 saturated carbocycles. The van der Waals surface area contributed by atoms with Gasteiger partial charge in [0, 0.05) is 11.7 Å². The first-order chi connectivity index (χ1) is 8.90. The topological polar surface area (TPSA) is 55.1 Å². The Morgan fingerprint density at radius 2 is 2.16 bits per heavy atom. The van der Waals surface area contributed by atoms with Gasteiger partial charge in [0.15, 0.2) is 0 Å². The summed E-state index contributed by atoms with van der Waals surface area (Å²) < 4.78 is 13.7. The van der Waals surface area contributed by atoms with Gasteiger partial charge in [0.2, 0.25) is 0 Å². The summed E-state index contributed by atoms with van der Waals surface area (Å²) in [5, 5.41) is 2.97. The summed E-state index contributed by atoms with van der Waals surface area (Å²) in [5.41, 5.74) is 5.94. The maximum atomic E-state index is 13.7. The monoisotopic (exact) mass is 264 g/mol. The van der Waals surface area contributed by atoms with E-state index >= 15 is 0 Å². The Kier molecular flexibility index (Phi) is 3.78. The number of rotatable bonds is 2. The largest absolute Gasteiger partial charge is 0.399 e. The van der Waals surface area contributed by atoms with Gasteiger partial charge >= 0.3 is 0 Å². The summed E-state index contributed by atoms with van der Waals surface area (Å²) in [5.74, 6) is -0.913. The summed E-state index contributed by atoms with van der Waals surface area (Å²) in [6.45, 7) is 4.30. The van der Waals surface area contributed by atoms with Crippen LogP contribution in [0.5, 0.6) is 0 Å². The molecule has 0 saturated heterocycles. The first kappa shape index (κ1) is 13.8. The molecule has 1 atom stereocenters. The second-order valence-corrected chi connectivity index (χ2v) is 6.00. The molecule has 4 heteroatoms. The number of carbonyl (C=O) groups excluding carboxylic acids is 1. The van der Waals surface area contributed by atoms with E-state index in [4.69, 9.17) is 5.73 Å². The van der Waals surface area contributed by atoms with Crippen molar-refractivity contribution in [1.29, 1.82) is 0 Å². The lowest BCUT2D eigenvalue weighted by molar-refractivity contribution is 0.0849. The van der Waals surface area contributed by atoms with Gasteiger partial charge in [0.25, 0.3) is 5.91 Å². The molecule has 0 aromatic heterocycles. The van der Waals surface area contributed by atoms with Crippen molar-refractivity contribution in [2.24, 2.45) is 5.41 Å². The summed E-state index contributed by atoms with van der Waals surface area (Å²) in [4.78, 5) is 12.1. The zero-order valence-corrected chi connectivity index (χ0v) is 11.5. The van der Waals surface area contributed by atoms with Crippen LogP contribution < -0.4 is 11.1 Å². The number of hydrogen-bond donors (Lipinski definition) is 2. The number of amides is 1. The standard InChI is InChI=1S/C15H21FN2O/c1-15(2)8-4-3-5-13(15)18-14(19)11-7-6-10(17)9-12(11)16/h6-7,9,13H,3-5,8,17H2,1-2H3,(H,18,19). The van der Waals surface area contributed by atoms with Crippen molar-refractivity contribution in [3.63, 3.8) is 0 Å². The van der Waals surface area contributed by atoms with Gasteiger partial charge in [0.05, 0.1) is 5.56 Å². The quantitative estimate of drug-likeness (QED) is 0.806. The molecule has 0 heterocycles. The van der Waals surface area contributed by atoms with Crippen molar-refractivity contribution >= 4 is 11.6 Å². The minimum absolute atomic E-state index is 0.0653. The van der Waals surface area contributed by atoms with E-state index < -0.39 is 5.82 Å². The van der Waals surface area contributed by atoms with Crippen LogP contribution in [0.2, 0.25) is 0 Å². The number of hydrogen-bond acceptors (Lipinski definition) is 2. The fraction of sp³-hybridized carbons (Fsp3) is 0.533. The van der Waals surface area contributed by atoms with Crippen molar-refractivity contribution in [2.75, 3.05) is 5.73 Å². The van der Waals surface area contributed by atoms with Crippen molar-refractivity contribution < 1.29 is 9.18 Å². The van der Waals surface area contributed by atoms with Crippen LogP contribution in [0.3, 0.4) is 0 Å². The molecule has 0 aliphatic heterocycles. The molecular formula is C15H21FN2O. The summed E-state index contributed by atoms with van der Waals surface area (Å²) in [6.07, 6.45) is 4.34. The normalized spacial score (nSPS) is 21.9. The maximum absolute atomic E-state index is 13.7. The second-order valence-electron chi connectivity index (χ2n) is 6.00. The van der Waals surface area contributed by atoms with Crippen LogP contribution in [0, 0.1) is 11.2 Å².